The quantitative estimate of drug-likeness (QED) is 0.330. The molecule has 0 heterocycles. The lowest BCUT2D eigenvalue weighted by molar-refractivity contribution is 0.447. The summed E-state index contributed by atoms with van der Waals surface area (Å²) in [5.74, 6) is 0. The third kappa shape index (κ3) is 12.3. The van der Waals surface area contributed by atoms with Crippen molar-refractivity contribution >= 4 is 11.8 Å². The molecule has 0 fully saturated rings. The first-order valence-electron chi connectivity index (χ1n) is 7.22. The molecule has 0 aliphatic heterocycles. The van der Waals surface area contributed by atoms with Crippen molar-refractivity contribution in [3.8, 4) is 0 Å². The molecule has 0 saturated heterocycles. The van der Waals surface area contributed by atoms with Crippen molar-refractivity contribution in [3.05, 3.63) is 0 Å². The van der Waals surface area contributed by atoms with Crippen LogP contribution in [-0.2, 0) is 0 Å². The molecule has 0 aromatic carbocycles. The summed E-state index contributed by atoms with van der Waals surface area (Å²) in [6.07, 6.45) is 13.9. The van der Waals surface area contributed by atoms with Gasteiger partial charge in [0.2, 0.25) is 0 Å². The second kappa shape index (κ2) is 13.3. The fourth-order valence-electron chi connectivity index (χ4n) is 1.93. The lowest BCUT2D eigenvalue weighted by atomic mass is 10.1. The molecule has 0 aliphatic carbocycles. The van der Waals surface area contributed by atoms with Crippen LogP contribution in [0.5, 0.6) is 0 Å². The van der Waals surface area contributed by atoms with E-state index in [0.717, 1.165) is 13.1 Å². The van der Waals surface area contributed by atoms with Crippen LogP contribution in [0.4, 0.5) is 0 Å². The molecule has 98 valence electrons. The highest BCUT2D eigenvalue weighted by Crippen LogP contribution is 2.10. The highest BCUT2D eigenvalue weighted by molar-refractivity contribution is 6.13. The Morgan fingerprint density at radius 1 is 0.688 bits per heavy atom. The molecule has 0 aromatic rings. The molecule has 0 spiro atoms. The third-order valence-electron chi connectivity index (χ3n) is 3.10. The van der Waals surface area contributed by atoms with Crippen LogP contribution in [0, 0.1) is 0 Å². The Kier molecular flexibility index (Phi) is 13.5. The second-order valence-corrected chi connectivity index (χ2v) is 5.16. The van der Waals surface area contributed by atoms with Gasteiger partial charge in [-0.2, -0.15) is 0 Å². The molecule has 0 aliphatic rings. The summed E-state index contributed by atoms with van der Waals surface area (Å²) in [6.45, 7) is 6.38. The summed E-state index contributed by atoms with van der Waals surface area (Å²) in [4.78, 5) is 0. The monoisotopic (exact) mass is 247 g/mol. The van der Waals surface area contributed by atoms with Crippen LogP contribution in [-0.4, -0.2) is 17.5 Å². The first kappa shape index (κ1) is 16.2. The van der Waals surface area contributed by atoms with Gasteiger partial charge < -0.3 is 0 Å². The molecule has 0 aromatic heterocycles. The van der Waals surface area contributed by atoms with Gasteiger partial charge in [-0.3, -0.25) is 0 Å². The van der Waals surface area contributed by atoms with Crippen molar-refractivity contribution in [3.63, 3.8) is 0 Å². The van der Waals surface area contributed by atoms with E-state index in [9.17, 15) is 0 Å². The molecule has 0 amide bonds. The van der Waals surface area contributed by atoms with Gasteiger partial charge in [-0.25, -0.2) is 4.42 Å². The van der Waals surface area contributed by atoms with Crippen molar-refractivity contribution in [1.82, 2.24) is 4.42 Å². The molecule has 2 heteroatoms. The van der Waals surface area contributed by atoms with E-state index in [0.29, 0.717) is 0 Å². The Hall–Kier alpha value is 0.250. The Balaban J connectivity index is 2.93. The van der Waals surface area contributed by atoms with E-state index in [1.54, 1.807) is 0 Å². The highest BCUT2D eigenvalue weighted by atomic mass is 35.5. The van der Waals surface area contributed by atoms with Gasteiger partial charge in [-0.1, -0.05) is 71.6 Å². The smallest absolute Gasteiger partial charge is 0.0138 e. The minimum absolute atomic E-state index is 0.957. The predicted molar refractivity (Wildman–Crippen MR) is 74.9 cm³/mol. The molecular weight excluding hydrogens is 218 g/mol. The summed E-state index contributed by atoms with van der Waals surface area (Å²) in [6, 6.07) is 0. The SMILES string of the molecule is CCCCCCCCCCCCN(Cl)CC. The number of hydrogen-bond acceptors (Lipinski definition) is 1. The van der Waals surface area contributed by atoms with Crippen molar-refractivity contribution in [2.45, 2.75) is 78.1 Å². The molecule has 0 radical (unpaired) electrons. The second-order valence-electron chi connectivity index (χ2n) is 4.68. The summed E-state index contributed by atoms with van der Waals surface area (Å²) in [5.41, 5.74) is 0. The van der Waals surface area contributed by atoms with Crippen molar-refractivity contribution in [2.75, 3.05) is 13.1 Å². The molecule has 0 bridgehead atoms. The van der Waals surface area contributed by atoms with Crippen LogP contribution in [0.25, 0.3) is 0 Å². The van der Waals surface area contributed by atoms with Crippen LogP contribution < -0.4 is 0 Å². The fraction of sp³-hybridized carbons (Fsp3) is 1.00. The van der Waals surface area contributed by atoms with Crippen LogP contribution in [0.15, 0.2) is 0 Å². The van der Waals surface area contributed by atoms with Gasteiger partial charge in [0.05, 0.1) is 0 Å². The van der Waals surface area contributed by atoms with Crippen molar-refractivity contribution in [2.24, 2.45) is 0 Å². The largest absolute Gasteiger partial charge is 0.220 e. The zero-order chi connectivity index (χ0) is 12.1. The zero-order valence-corrected chi connectivity index (χ0v) is 12.1. The van der Waals surface area contributed by atoms with E-state index in [2.05, 4.69) is 13.8 Å². The summed E-state index contributed by atoms with van der Waals surface area (Å²) in [5, 5.41) is 0. The van der Waals surface area contributed by atoms with Crippen LogP contribution in [0.2, 0.25) is 0 Å². The maximum absolute atomic E-state index is 5.91. The highest BCUT2D eigenvalue weighted by Gasteiger charge is 1.96. The van der Waals surface area contributed by atoms with Crippen molar-refractivity contribution in [1.29, 1.82) is 0 Å². The lowest BCUT2D eigenvalue weighted by Gasteiger charge is -2.09. The van der Waals surface area contributed by atoms with Crippen LogP contribution >= 0.6 is 11.8 Å². The minimum atomic E-state index is 0.957. The van der Waals surface area contributed by atoms with E-state index in [4.69, 9.17) is 11.8 Å². The van der Waals surface area contributed by atoms with Crippen LogP contribution in [0.3, 0.4) is 0 Å². The van der Waals surface area contributed by atoms with E-state index >= 15 is 0 Å². The van der Waals surface area contributed by atoms with Gasteiger partial charge in [0, 0.05) is 13.1 Å². The Morgan fingerprint density at radius 3 is 1.56 bits per heavy atom. The molecule has 16 heavy (non-hydrogen) atoms. The molecule has 0 atom stereocenters. The molecule has 0 N–H and O–H groups in total. The Bertz CT molecular complexity index is 128. The Morgan fingerprint density at radius 2 is 1.12 bits per heavy atom. The standard InChI is InChI=1S/C14H30ClN/c1-3-5-6-7-8-9-10-11-12-13-14-16(15)4-2/h3-14H2,1-2H3. The first-order valence-corrected chi connectivity index (χ1v) is 7.55. The first-order chi connectivity index (χ1) is 7.81. The molecule has 0 unspecified atom stereocenters. The third-order valence-corrected chi connectivity index (χ3v) is 3.51. The maximum Gasteiger partial charge on any atom is 0.0138 e. The van der Waals surface area contributed by atoms with Gasteiger partial charge >= 0.3 is 0 Å². The van der Waals surface area contributed by atoms with Crippen LogP contribution in [0.1, 0.15) is 78.1 Å². The fourth-order valence-corrected chi connectivity index (χ4v) is 2.05. The van der Waals surface area contributed by atoms with Crippen molar-refractivity contribution < 1.29 is 0 Å². The van der Waals surface area contributed by atoms with E-state index in [1.165, 1.54) is 64.2 Å². The van der Waals surface area contributed by atoms with Gasteiger partial charge in [-0.15, -0.1) is 0 Å². The molecule has 0 saturated carbocycles. The summed E-state index contributed by atoms with van der Waals surface area (Å²) < 4.78 is 1.88. The molecule has 0 rings (SSSR count). The van der Waals surface area contributed by atoms with Gasteiger partial charge in [0.1, 0.15) is 0 Å². The van der Waals surface area contributed by atoms with E-state index in [1.807, 2.05) is 4.42 Å². The van der Waals surface area contributed by atoms with Gasteiger partial charge in [0.25, 0.3) is 0 Å². The van der Waals surface area contributed by atoms with Gasteiger partial charge in [0.15, 0.2) is 0 Å². The topological polar surface area (TPSA) is 3.24 Å². The number of unbranched alkanes of at least 4 members (excludes halogenated alkanes) is 9. The Labute approximate surface area is 108 Å². The average Bonchev–Trinajstić information content (AvgIpc) is 2.31. The number of hydrogen-bond donors (Lipinski definition) is 0. The molecular formula is C14H30ClN. The number of halogens is 1. The van der Waals surface area contributed by atoms with Gasteiger partial charge in [-0.05, 0) is 18.2 Å². The molecule has 1 nitrogen and oxygen atoms in total. The van der Waals surface area contributed by atoms with E-state index < -0.39 is 0 Å². The minimum Gasteiger partial charge on any atom is -0.220 e. The predicted octanol–water partition coefficient (Wildman–Crippen LogP) is 5.38. The van der Waals surface area contributed by atoms with E-state index in [-0.39, 0.29) is 0 Å². The summed E-state index contributed by atoms with van der Waals surface area (Å²) in [7, 11) is 0. The zero-order valence-electron chi connectivity index (χ0n) is 11.3. The normalized spacial score (nSPS) is 11.2. The lowest BCUT2D eigenvalue weighted by Crippen LogP contribution is -2.12. The average molecular weight is 248 g/mol. The maximum atomic E-state index is 5.91. The summed E-state index contributed by atoms with van der Waals surface area (Å²) >= 11 is 5.91. The number of rotatable bonds is 12. The number of nitrogens with zero attached hydrogens (tertiary/aromatic N) is 1.